The van der Waals surface area contributed by atoms with Gasteiger partial charge in [-0.1, -0.05) is 32.9 Å². The zero-order chi connectivity index (χ0) is 22.6. The third-order valence-electron chi connectivity index (χ3n) is 4.73. The summed E-state index contributed by atoms with van der Waals surface area (Å²) in [4.78, 5) is 12.8. The smallest absolute Gasteiger partial charge is 0.330 e. The van der Waals surface area contributed by atoms with Gasteiger partial charge in [0.2, 0.25) is 0 Å². The van der Waals surface area contributed by atoms with E-state index in [0.29, 0.717) is 24.5 Å². The quantitative estimate of drug-likeness (QED) is 0.339. The molecule has 7 nitrogen and oxygen atoms in total. The number of ether oxygens (including phenoxy) is 2. The van der Waals surface area contributed by atoms with Crippen molar-refractivity contribution < 1.29 is 19.4 Å². The van der Waals surface area contributed by atoms with Crippen LogP contribution in [0.2, 0.25) is 0 Å². The third-order valence-corrected chi connectivity index (χ3v) is 4.73. The molecule has 0 fully saturated rings. The van der Waals surface area contributed by atoms with E-state index in [4.69, 9.17) is 9.47 Å². The minimum absolute atomic E-state index is 0.122. The predicted molar refractivity (Wildman–Crippen MR) is 120 cm³/mol. The van der Waals surface area contributed by atoms with Crippen LogP contribution >= 0.6 is 0 Å². The van der Waals surface area contributed by atoms with E-state index in [-0.39, 0.29) is 23.7 Å². The number of benzene rings is 2. The Morgan fingerprint density at radius 3 is 2.58 bits per heavy atom. The van der Waals surface area contributed by atoms with Gasteiger partial charge in [-0.15, -0.1) is 15.0 Å². The molecule has 3 rings (SSSR count). The second kappa shape index (κ2) is 9.20. The molecule has 1 heterocycles. The van der Waals surface area contributed by atoms with Crippen molar-refractivity contribution in [2.24, 2.45) is 0 Å². The lowest BCUT2D eigenvalue weighted by molar-refractivity contribution is -0.137. The van der Waals surface area contributed by atoms with Crippen molar-refractivity contribution in [1.82, 2.24) is 15.0 Å². The summed E-state index contributed by atoms with van der Waals surface area (Å²) >= 11 is 0. The van der Waals surface area contributed by atoms with Crippen LogP contribution in [-0.4, -0.2) is 39.3 Å². The highest BCUT2D eigenvalue weighted by Crippen LogP contribution is 2.38. The van der Waals surface area contributed by atoms with Crippen LogP contribution in [0.15, 0.2) is 42.5 Å². The fourth-order valence-electron chi connectivity index (χ4n) is 3.14. The molecule has 2 aromatic carbocycles. The molecule has 7 heteroatoms. The number of aromatic hydroxyl groups is 1. The average Bonchev–Trinajstić information content (AvgIpc) is 3.10. The van der Waals surface area contributed by atoms with Gasteiger partial charge in [0, 0.05) is 24.1 Å². The van der Waals surface area contributed by atoms with E-state index in [1.54, 1.807) is 19.1 Å². The molecule has 0 aliphatic rings. The minimum atomic E-state index is -0.364. The maximum Gasteiger partial charge on any atom is 0.330 e. The van der Waals surface area contributed by atoms with E-state index in [1.807, 2.05) is 52.0 Å². The monoisotopic (exact) mass is 423 g/mol. The van der Waals surface area contributed by atoms with Crippen LogP contribution < -0.4 is 4.74 Å². The minimum Gasteiger partial charge on any atom is -0.505 e. The lowest BCUT2D eigenvalue weighted by Crippen LogP contribution is -2.14. The lowest BCUT2D eigenvalue weighted by Gasteiger charge is -2.23. The summed E-state index contributed by atoms with van der Waals surface area (Å²) in [5.41, 5.74) is 3.46. The first-order valence-corrected chi connectivity index (χ1v) is 10.3. The molecule has 0 bridgehead atoms. The first-order valence-electron chi connectivity index (χ1n) is 10.3. The van der Waals surface area contributed by atoms with E-state index >= 15 is 0 Å². The zero-order valence-corrected chi connectivity index (χ0v) is 18.7. The van der Waals surface area contributed by atoms with E-state index in [9.17, 15) is 9.90 Å². The summed E-state index contributed by atoms with van der Waals surface area (Å²) in [5, 5.41) is 20.0. The number of fused-ring (bicyclic) bond motifs is 1. The van der Waals surface area contributed by atoms with Crippen molar-refractivity contribution in [3.63, 3.8) is 0 Å². The van der Waals surface area contributed by atoms with Crippen molar-refractivity contribution in [3.8, 4) is 17.2 Å². The molecule has 0 saturated carbocycles. The Hall–Kier alpha value is -3.35. The molecule has 0 amide bonds. The Bertz CT molecular complexity index is 1110. The van der Waals surface area contributed by atoms with E-state index < -0.39 is 0 Å². The normalized spacial score (nSPS) is 11.9. The number of hydrogen-bond acceptors (Lipinski definition) is 6. The molecule has 164 valence electrons. The van der Waals surface area contributed by atoms with Crippen LogP contribution in [0, 0.1) is 6.92 Å². The van der Waals surface area contributed by atoms with Gasteiger partial charge in [-0.05, 0) is 43.0 Å². The molecule has 0 spiro atoms. The summed E-state index contributed by atoms with van der Waals surface area (Å²) in [6.45, 7) is 10.5. The Labute approximate surface area is 182 Å². The van der Waals surface area contributed by atoms with Gasteiger partial charge in [0.25, 0.3) is 0 Å². The third kappa shape index (κ3) is 5.42. The maximum atomic E-state index is 11.4. The molecule has 1 N–H and O–H groups in total. The van der Waals surface area contributed by atoms with Crippen LogP contribution in [0.3, 0.4) is 0 Å². The predicted octanol–water partition coefficient (Wildman–Crippen LogP) is 4.62. The van der Waals surface area contributed by atoms with Gasteiger partial charge in [-0.2, -0.15) is 0 Å². The number of hydrogen-bond donors (Lipinski definition) is 1. The number of allylic oxidation sites excluding steroid dienone is 1. The summed E-state index contributed by atoms with van der Waals surface area (Å²) in [5.74, 6) is 0.351. The summed E-state index contributed by atoms with van der Waals surface area (Å²) in [6, 6.07) is 9.39. The number of nitrogens with zero attached hydrogens (tertiary/aromatic N) is 3. The lowest BCUT2D eigenvalue weighted by atomic mass is 9.86. The Balaban J connectivity index is 1.86. The fourth-order valence-corrected chi connectivity index (χ4v) is 3.14. The molecule has 1 aromatic heterocycles. The zero-order valence-electron chi connectivity index (χ0n) is 18.7. The number of aromatic nitrogens is 3. The molecule has 0 atom stereocenters. The maximum absolute atomic E-state index is 11.4. The van der Waals surface area contributed by atoms with Crippen LogP contribution in [0.1, 0.15) is 45.2 Å². The van der Waals surface area contributed by atoms with Gasteiger partial charge in [0.1, 0.15) is 28.2 Å². The van der Waals surface area contributed by atoms with Crippen LogP contribution in [-0.2, 0) is 14.9 Å². The van der Waals surface area contributed by atoms with Gasteiger partial charge in [0.15, 0.2) is 0 Å². The number of phenolic OH excluding ortho intramolecular Hbond substituents is 1. The standard InChI is InChI=1S/C24H29N3O4/c1-6-8-22(28)31-12-7-11-30-17-14-18(24(3,4)5)23(29)21(15-17)27-25-19-10-9-16(2)13-20(19)26-27/h6,8-10,13-15,29H,7,11-12H2,1-5H3. The first-order chi connectivity index (χ1) is 14.7. The Kier molecular flexibility index (Phi) is 6.63. The second-order valence-corrected chi connectivity index (χ2v) is 8.44. The van der Waals surface area contributed by atoms with Gasteiger partial charge >= 0.3 is 5.97 Å². The van der Waals surface area contributed by atoms with Crippen molar-refractivity contribution in [2.45, 2.75) is 46.5 Å². The fraction of sp³-hybridized carbons (Fsp3) is 0.375. The van der Waals surface area contributed by atoms with Gasteiger partial charge in [0.05, 0.1) is 13.2 Å². The van der Waals surface area contributed by atoms with Crippen LogP contribution in [0.25, 0.3) is 16.7 Å². The number of esters is 1. The van der Waals surface area contributed by atoms with E-state index in [2.05, 4.69) is 10.2 Å². The number of aryl methyl sites for hydroxylation is 1. The first kappa shape index (κ1) is 22.3. The largest absolute Gasteiger partial charge is 0.505 e. The molecule has 0 aliphatic heterocycles. The second-order valence-electron chi connectivity index (χ2n) is 8.44. The highest BCUT2D eigenvalue weighted by atomic mass is 16.5. The molecule has 31 heavy (non-hydrogen) atoms. The van der Waals surface area contributed by atoms with Crippen molar-refractivity contribution >= 4 is 17.0 Å². The summed E-state index contributed by atoms with van der Waals surface area (Å²) < 4.78 is 11.0. The highest BCUT2D eigenvalue weighted by Gasteiger charge is 2.23. The number of rotatable bonds is 7. The van der Waals surface area contributed by atoms with Gasteiger partial charge < -0.3 is 14.6 Å². The molecule has 0 aliphatic carbocycles. The molecule has 0 unspecified atom stereocenters. The van der Waals surface area contributed by atoms with Crippen molar-refractivity contribution in [3.05, 3.63) is 53.6 Å². The Morgan fingerprint density at radius 2 is 1.87 bits per heavy atom. The number of carbonyl (C=O) groups excluding carboxylic acids is 1. The Morgan fingerprint density at radius 1 is 1.13 bits per heavy atom. The van der Waals surface area contributed by atoms with Crippen LogP contribution in [0.5, 0.6) is 11.5 Å². The number of phenols is 1. The summed E-state index contributed by atoms with van der Waals surface area (Å²) in [6.07, 6.45) is 3.57. The topological polar surface area (TPSA) is 86.5 Å². The SMILES string of the molecule is CC=CC(=O)OCCCOc1cc(-n2nc3ccc(C)cc3n2)c(O)c(C(C)(C)C)c1. The molecule has 3 aromatic rings. The van der Waals surface area contributed by atoms with Crippen molar-refractivity contribution in [2.75, 3.05) is 13.2 Å². The molecular formula is C24H29N3O4. The summed E-state index contributed by atoms with van der Waals surface area (Å²) in [7, 11) is 0. The molecule has 0 saturated heterocycles. The van der Waals surface area contributed by atoms with E-state index in [1.165, 1.54) is 10.9 Å². The molecular weight excluding hydrogens is 394 g/mol. The van der Waals surface area contributed by atoms with Gasteiger partial charge in [-0.25, -0.2) is 4.79 Å². The highest BCUT2D eigenvalue weighted by molar-refractivity contribution is 5.81. The molecule has 0 radical (unpaired) electrons. The average molecular weight is 424 g/mol. The number of carbonyl (C=O) groups is 1. The van der Waals surface area contributed by atoms with Gasteiger partial charge in [-0.3, -0.25) is 0 Å². The van der Waals surface area contributed by atoms with Crippen molar-refractivity contribution in [1.29, 1.82) is 0 Å². The van der Waals surface area contributed by atoms with Crippen LogP contribution in [0.4, 0.5) is 0 Å². The van der Waals surface area contributed by atoms with E-state index in [0.717, 1.165) is 22.2 Å².